The number of allylic oxidation sites excluding steroid dienone is 1. The van der Waals surface area contributed by atoms with Crippen molar-refractivity contribution in [1.82, 2.24) is 9.80 Å². The second-order valence-corrected chi connectivity index (χ2v) is 6.64. The van der Waals surface area contributed by atoms with Gasteiger partial charge in [-0.05, 0) is 26.7 Å². The standard InChI is InChI=1S/C13H24N2S/c1-11(2)14-7-4-8-15(10-9-14)13-6-5-12(3)16-13/h6,11-12H,4-5,7-10H2,1-3H3/t12-/m1/s1. The topological polar surface area (TPSA) is 6.48 Å². The zero-order chi connectivity index (χ0) is 11.5. The maximum atomic E-state index is 2.60. The molecule has 0 amide bonds. The van der Waals surface area contributed by atoms with Gasteiger partial charge in [-0.15, -0.1) is 11.8 Å². The Balaban J connectivity index is 1.89. The zero-order valence-corrected chi connectivity index (χ0v) is 11.6. The fourth-order valence-electron chi connectivity index (χ4n) is 2.45. The second kappa shape index (κ2) is 5.46. The van der Waals surface area contributed by atoms with Gasteiger partial charge < -0.3 is 4.90 Å². The van der Waals surface area contributed by atoms with E-state index in [1.165, 1.54) is 44.0 Å². The Morgan fingerprint density at radius 1 is 1.25 bits per heavy atom. The molecule has 1 fully saturated rings. The monoisotopic (exact) mass is 240 g/mol. The summed E-state index contributed by atoms with van der Waals surface area (Å²) in [5.41, 5.74) is 0. The predicted molar refractivity (Wildman–Crippen MR) is 72.7 cm³/mol. The first-order chi connectivity index (χ1) is 7.66. The van der Waals surface area contributed by atoms with Crippen molar-refractivity contribution >= 4 is 11.8 Å². The number of nitrogens with zero attached hydrogens (tertiary/aromatic N) is 2. The number of hydrogen-bond donors (Lipinski definition) is 0. The summed E-state index contributed by atoms with van der Waals surface area (Å²) in [6, 6.07) is 0.698. The van der Waals surface area contributed by atoms with Gasteiger partial charge in [0.15, 0.2) is 0 Å². The van der Waals surface area contributed by atoms with E-state index in [1.54, 1.807) is 0 Å². The average Bonchev–Trinajstić information content (AvgIpc) is 2.54. The van der Waals surface area contributed by atoms with Crippen molar-refractivity contribution in [3.8, 4) is 0 Å². The Morgan fingerprint density at radius 2 is 2.06 bits per heavy atom. The molecule has 2 aliphatic rings. The molecule has 0 saturated carbocycles. The third kappa shape index (κ3) is 2.95. The number of hydrogen-bond acceptors (Lipinski definition) is 3. The van der Waals surface area contributed by atoms with Crippen molar-refractivity contribution in [3.05, 3.63) is 11.1 Å². The van der Waals surface area contributed by atoms with E-state index < -0.39 is 0 Å². The van der Waals surface area contributed by atoms with Crippen molar-refractivity contribution in [3.63, 3.8) is 0 Å². The van der Waals surface area contributed by atoms with Gasteiger partial charge in [-0.3, -0.25) is 4.90 Å². The summed E-state index contributed by atoms with van der Waals surface area (Å²) in [5.74, 6) is 0. The lowest BCUT2D eigenvalue weighted by Crippen LogP contribution is -2.34. The molecule has 0 spiro atoms. The van der Waals surface area contributed by atoms with Gasteiger partial charge in [0.25, 0.3) is 0 Å². The SMILES string of the molecule is CC(C)N1CCCN(C2=CC[C@@H](C)S2)CC1. The van der Waals surface area contributed by atoms with Crippen LogP contribution >= 0.6 is 11.8 Å². The molecule has 0 aromatic heterocycles. The van der Waals surface area contributed by atoms with Gasteiger partial charge in [-0.25, -0.2) is 0 Å². The number of thioether (sulfide) groups is 1. The first-order valence-corrected chi connectivity index (χ1v) is 7.40. The zero-order valence-electron chi connectivity index (χ0n) is 10.8. The van der Waals surface area contributed by atoms with E-state index in [9.17, 15) is 0 Å². The van der Waals surface area contributed by atoms with Crippen LogP contribution in [0, 0.1) is 0 Å². The Labute approximate surface area is 104 Å². The molecule has 0 radical (unpaired) electrons. The van der Waals surface area contributed by atoms with E-state index in [2.05, 4.69) is 48.4 Å². The van der Waals surface area contributed by atoms with E-state index in [-0.39, 0.29) is 0 Å². The molecule has 2 nitrogen and oxygen atoms in total. The molecule has 0 aromatic carbocycles. The minimum absolute atomic E-state index is 0.698. The summed E-state index contributed by atoms with van der Waals surface area (Å²) < 4.78 is 0. The van der Waals surface area contributed by atoms with Gasteiger partial charge >= 0.3 is 0 Å². The minimum atomic E-state index is 0.698. The normalized spacial score (nSPS) is 28.4. The van der Waals surface area contributed by atoms with Crippen LogP contribution in [0.25, 0.3) is 0 Å². The lowest BCUT2D eigenvalue weighted by Gasteiger charge is -2.26. The molecule has 0 unspecified atom stereocenters. The Morgan fingerprint density at radius 3 is 2.69 bits per heavy atom. The highest BCUT2D eigenvalue weighted by molar-refractivity contribution is 8.03. The summed E-state index contributed by atoms with van der Waals surface area (Å²) in [6.07, 6.45) is 5.00. The molecule has 0 bridgehead atoms. The Kier molecular flexibility index (Phi) is 4.20. The largest absolute Gasteiger partial charge is 0.365 e. The number of rotatable bonds is 2. The molecule has 16 heavy (non-hydrogen) atoms. The molecule has 2 heterocycles. The molecule has 0 aliphatic carbocycles. The molecule has 2 aliphatic heterocycles. The highest BCUT2D eigenvalue weighted by Crippen LogP contribution is 2.34. The quantitative estimate of drug-likeness (QED) is 0.733. The van der Waals surface area contributed by atoms with Gasteiger partial charge in [0.05, 0.1) is 5.03 Å². The van der Waals surface area contributed by atoms with E-state index in [4.69, 9.17) is 0 Å². The molecule has 2 rings (SSSR count). The summed E-state index contributed by atoms with van der Waals surface area (Å²) in [4.78, 5) is 5.19. The molecule has 0 N–H and O–H groups in total. The molecule has 92 valence electrons. The van der Waals surface area contributed by atoms with E-state index in [1.807, 2.05) is 0 Å². The van der Waals surface area contributed by atoms with E-state index >= 15 is 0 Å². The van der Waals surface area contributed by atoms with Crippen LogP contribution in [0.15, 0.2) is 11.1 Å². The summed E-state index contributed by atoms with van der Waals surface area (Å²) in [6.45, 7) is 11.9. The predicted octanol–water partition coefficient (Wildman–Crippen LogP) is 2.77. The maximum Gasteiger partial charge on any atom is 0.0670 e. The van der Waals surface area contributed by atoms with Crippen molar-refractivity contribution in [1.29, 1.82) is 0 Å². The highest BCUT2D eigenvalue weighted by Gasteiger charge is 2.22. The molecule has 3 heteroatoms. The van der Waals surface area contributed by atoms with Crippen LogP contribution in [0.5, 0.6) is 0 Å². The van der Waals surface area contributed by atoms with Crippen LogP contribution in [0.3, 0.4) is 0 Å². The van der Waals surface area contributed by atoms with Gasteiger partial charge in [-0.1, -0.05) is 13.0 Å². The molecule has 1 saturated heterocycles. The van der Waals surface area contributed by atoms with Gasteiger partial charge in [0.1, 0.15) is 0 Å². The smallest absolute Gasteiger partial charge is 0.0670 e. The van der Waals surface area contributed by atoms with Crippen molar-refractivity contribution < 1.29 is 0 Å². The van der Waals surface area contributed by atoms with Crippen LogP contribution in [0.2, 0.25) is 0 Å². The fraction of sp³-hybridized carbons (Fsp3) is 0.846. The summed E-state index contributed by atoms with van der Waals surface area (Å²) in [5, 5.41) is 2.33. The third-order valence-corrected chi connectivity index (χ3v) is 4.78. The van der Waals surface area contributed by atoms with Crippen molar-refractivity contribution in [2.24, 2.45) is 0 Å². The van der Waals surface area contributed by atoms with Crippen LogP contribution in [-0.2, 0) is 0 Å². The molecule has 1 atom stereocenters. The summed E-state index contributed by atoms with van der Waals surface area (Å²) in [7, 11) is 0. The first kappa shape index (κ1) is 12.3. The molecular formula is C13H24N2S. The fourth-order valence-corrected chi connectivity index (χ4v) is 3.58. The Hall–Kier alpha value is -0.150. The third-order valence-electron chi connectivity index (χ3n) is 3.52. The van der Waals surface area contributed by atoms with Gasteiger partial charge in [-0.2, -0.15) is 0 Å². The lowest BCUT2D eigenvalue weighted by atomic mass is 10.3. The minimum Gasteiger partial charge on any atom is -0.365 e. The van der Waals surface area contributed by atoms with E-state index in [0.717, 1.165) is 5.25 Å². The first-order valence-electron chi connectivity index (χ1n) is 6.52. The molecular weight excluding hydrogens is 216 g/mol. The van der Waals surface area contributed by atoms with E-state index in [0.29, 0.717) is 6.04 Å². The average molecular weight is 240 g/mol. The Bertz CT molecular complexity index is 263. The second-order valence-electron chi connectivity index (χ2n) is 5.18. The van der Waals surface area contributed by atoms with Gasteiger partial charge in [0.2, 0.25) is 0 Å². The van der Waals surface area contributed by atoms with Crippen LogP contribution in [-0.4, -0.2) is 47.3 Å². The maximum absolute atomic E-state index is 2.60. The van der Waals surface area contributed by atoms with Crippen LogP contribution in [0.4, 0.5) is 0 Å². The van der Waals surface area contributed by atoms with Crippen molar-refractivity contribution in [2.45, 2.75) is 44.9 Å². The van der Waals surface area contributed by atoms with Crippen LogP contribution in [0.1, 0.15) is 33.6 Å². The lowest BCUT2D eigenvalue weighted by molar-refractivity contribution is 0.230. The highest BCUT2D eigenvalue weighted by atomic mass is 32.2. The summed E-state index contributed by atoms with van der Waals surface area (Å²) >= 11 is 2.06. The van der Waals surface area contributed by atoms with Crippen molar-refractivity contribution in [2.75, 3.05) is 26.2 Å². The molecule has 0 aromatic rings. The van der Waals surface area contributed by atoms with Crippen LogP contribution < -0.4 is 0 Å². The van der Waals surface area contributed by atoms with Gasteiger partial charge in [0, 0.05) is 37.5 Å².